The monoisotopic (exact) mass is 320 g/mol. The van der Waals surface area contributed by atoms with Gasteiger partial charge < -0.3 is 9.80 Å². The quantitative estimate of drug-likeness (QED) is 0.798. The second-order valence-corrected chi connectivity index (χ2v) is 9.18. The number of carbonyl (C=O) groups excluding carboxylic acids is 2. The van der Waals surface area contributed by atoms with Crippen LogP contribution in [0.2, 0.25) is 0 Å². The van der Waals surface area contributed by atoms with Crippen molar-refractivity contribution in [3.05, 3.63) is 0 Å². The van der Waals surface area contributed by atoms with Gasteiger partial charge in [-0.25, -0.2) is 0 Å². The van der Waals surface area contributed by atoms with Gasteiger partial charge in [-0.2, -0.15) is 0 Å². The molecule has 2 heterocycles. The van der Waals surface area contributed by atoms with E-state index in [4.69, 9.17) is 0 Å². The molecular weight excluding hydrogens is 288 g/mol. The third-order valence-electron chi connectivity index (χ3n) is 5.98. The van der Waals surface area contributed by atoms with E-state index in [1.807, 2.05) is 4.90 Å². The first kappa shape index (κ1) is 16.8. The number of hydrogen-bond acceptors (Lipinski definition) is 2. The molecule has 0 radical (unpaired) electrons. The zero-order valence-corrected chi connectivity index (χ0v) is 15.1. The van der Waals surface area contributed by atoms with Crippen molar-refractivity contribution < 1.29 is 9.59 Å². The lowest BCUT2D eigenvalue weighted by Gasteiger charge is -2.39. The van der Waals surface area contributed by atoms with E-state index in [1.54, 1.807) is 0 Å². The normalized spacial score (nSPS) is 33.2. The molecular formula is C19H32N2O2. The Bertz CT molecular complexity index is 488. The molecule has 4 nitrogen and oxygen atoms in total. The molecule has 4 heteroatoms. The molecule has 2 amide bonds. The van der Waals surface area contributed by atoms with Crippen LogP contribution in [0.25, 0.3) is 0 Å². The first-order valence-electron chi connectivity index (χ1n) is 9.35. The topological polar surface area (TPSA) is 40.6 Å². The van der Waals surface area contributed by atoms with Crippen molar-refractivity contribution in [3.63, 3.8) is 0 Å². The van der Waals surface area contributed by atoms with Crippen molar-refractivity contribution >= 4 is 11.8 Å². The van der Waals surface area contributed by atoms with E-state index in [9.17, 15) is 9.59 Å². The molecule has 0 unspecified atom stereocenters. The second kappa shape index (κ2) is 6.10. The molecule has 0 aromatic heterocycles. The molecule has 2 bridgehead atoms. The fraction of sp³-hybridized carbons (Fsp3) is 0.895. The van der Waals surface area contributed by atoms with E-state index < -0.39 is 0 Å². The predicted molar refractivity (Wildman–Crippen MR) is 90.9 cm³/mol. The SMILES string of the molecule is CC1(C)C[C@@H]2C[C@@](C)(CN2C(=O)CCCN2CCCCC2=O)C1. The lowest BCUT2D eigenvalue weighted by Crippen LogP contribution is -2.39. The lowest BCUT2D eigenvalue weighted by atomic mass is 9.65. The molecule has 0 N–H and O–H groups in total. The van der Waals surface area contributed by atoms with Gasteiger partial charge in [0.2, 0.25) is 11.8 Å². The number of hydrogen-bond donors (Lipinski definition) is 0. The van der Waals surface area contributed by atoms with Gasteiger partial charge in [0.25, 0.3) is 0 Å². The van der Waals surface area contributed by atoms with E-state index in [1.165, 1.54) is 12.8 Å². The summed E-state index contributed by atoms with van der Waals surface area (Å²) in [5, 5.41) is 0. The summed E-state index contributed by atoms with van der Waals surface area (Å²) < 4.78 is 0. The van der Waals surface area contributed by atoms with Crippen molar-refractivity contribution in [3.8, 4) is 0 Å². The van der Waals surface area contributed by atoms with Crippen molar-refractivity contribution in [2.75, 3.05) is 19.6 Å². The van der Waals surface area contributed by atoms with Crippen molar-refractivity contribution in [1.82, 2.24) is 9.80 Å². The van der Waals surface area contributed by atoms with E-state index in [0.29, 0.717) is 35.6 Å². The largest absolute Gasteiger partial charge is 0.343 e. The molecule has 0 aromatic rings. The van der Waals surface area contributed by atoms with E-state index in [-0.39, 0.29) is 5.91 Å². The second-order valence-electron chi connectivity index (χ2n) is 9.18. The summed E-state index contributed by atoms with van der Waals surface area (Å²) in [5.74, 6) is 0.580. The van der Waals surface area contributed by atoms with Crippen LogP contribution in [0.5, 0.6) is 0 Å². The highest BCUT2D eigenvalue weighted by molar-refractivity contribution is 5.78. The minimum atomic E-state index is 0.273. The Morgan fingerprint density at radius 1 is 1.22 bits per heavy atom. The maximum absolute atomic E-state index is 12.7. The summed E-state index contributed by atoms with van der Waals surface area (Å²) in [6.07, 6.45) is 7.77. The van der Waals surface area contributed by atoms with Gasteiger partial charge in [0.1, 0.15) is 0 Å². The first-order chi connectivity index (χ1) is 10.8. The van der Waals surface area contributed by atoms with Crippen LogP contribution in [0, 0.1) is 10.8 Å². The Kier molecular flexibility index (Phi) is 4.45. The molecule has 3 aliphatic rings. The lowest BCUT2D eigenvalue weighted by molar-refractivity contribution is -0.135. The summed E-state index contributed by atoms with van der Waals surface area (Å²) in [6.45, 7) is 9.60. The van der Waals surface area contributed by atoms with Gasteiger partial charge in [-0.3, -0.25) is 9.59 Å². The molecule has 130 valence electrons. The fourth-order valence-electron chi connectivity index (χ4n) is 5.41. The number of piperidine rings is 1. The molecule has 23 heavy (non-hydrogen) atoms. The summed E-state index contributed by atoms with van der Waals surface area (Å²) in [6, 6.07) is 0.438. The van der Waals surface area contributed by atoms with E-state index in [0.717, 1.165) is 45.3 Å². The highest BCUT2D eigenvalue weighted by Gasteiger charge is 2.50. The Labute approximate surface area is 140 Å². The summed E-state index contributed by atoms with van der Waals surface area (Å²) in [7, 11) is 0. The molecule has 3 fully saturated rings. The predicted octanol–water partition coefficient (Wildman–Crippen LogP) is 3.21. The minimum Gasteiger partial charge on any atom is -0.343 e. The van der Waals surface area contributed by atoms with Gasteiger partial charge in [0, 0.05) is 38.5 Å². The van der Waals surface area contributed by atoms with Gasteiger partial charge in [-0.05, 0) is 49.4 Å². The Balaban J connectivity index is 1.50. The summed E-state index contributed by atoms with van der Waals surface area (Å²) in [4.78, 5) is 28.6. The number of carbonyl (C=O) groups is 2. The Hall–Kier alpha value is -1.06. The van der Waals surface area contributed by atoms with E-state index in [2.05, 4.69) is 25.7 Å². The molecule has 3 rings (SSSR count). The summed E-state index contributed by atoms with van der Waals surface area (Å²) >= 11 is 0. The third-order valence-corrected chi connectivity index (χ3v) is 5.98. The number of nitrogens with zero attached hydrogens (tertiary/aromatic N) is 2. The molecule has 2 aliphatic heterocycles. The molecule has 2 saturated heterocycles. The maximum Gasteiger partial charge on any atom is 0.222 e. The molecule has 1 aliphatic carbocycles. The number of amides is 2. The van der Waals surface area contributed by atoms with Crippen LogP contribution in [0.4, 0.5) is 0 Å². The van der Waals surface area contributed by atoms with Gasteiger partial charge in [-0.15, -0.1) is 0 Å². The maximum atomic E-state index is 12.7. The zero-order chi connectivity index (χ0) is 16.7. The molecule has 0 aromatic carbocycles. The van der Waals surface area contributed by atoms with Crippen molar-refractivity contribution in [2.45, 2.75) is 78.2 Å². The number of fused-ring (bicyclic) bond motifs is 2. The van der Waals surface area contributed by atoms with Crippen LogP contribution in [-0.4, -0.2) is 47.3 Å². The average molecular weight is 320 g/mol. The summed E-state index contributed by atoms with van der Waals surface area (Å²) in [5.41, 5.74) is 0.665. The van der Waals surface area contributed by atoms with Crippen LogP contribution in [-0.2, 0) is 9.59 Å². The van der Waals surface area contributed by atoms with Gasteiger partial charge in [0.05, 0.1) is 0 Å². The van der Waals surface area contributed by atoms with Gasteiger partial charge in [0.15, 0.2) is 0 Å². The van der Waals surface area contributed by atoms with Gasteiger partial charge in [-0.1, -0.05) is 20.8 Å². The minimum absolute atomic E-state index is 0.273. The highest BCUT2D eigenvalue weighted by atomic mass is 16.2. The van der Waals surface area contributed by atoms with Crippen LogP contribution >= 0.6 is 0 Å². The Morgan fingerprint density at radius 2 is 2.00 bits per heavy atom. The molecule has 1 saturated carbocycles. The number of rotatable bonds is 4. The average Bonchev–Trinajstić information content (AvgIpc) is 2.70. The van der Waals surface area contributed by atoms with Crippen molar-refractivity contribution in [1.29, 1.82) is 0 Å². The van der Waals surface area contributed by atoms with Crippen LogP contribution in [0.1, 0.15) is 72.1 Å². The number of likely N-dealkylation sites (tertiary alicyclic amines) is 2. The molecule has 0 spiro atoms. The third kappa shape index (κ3) is 3.72. The van der Waals surface area contributed by atoms with Crippen molar-refractivity contribution in [2.24, 2.45) is 10.8 Å². The zero-order valence-electron chi connectivity index (χ0n) is 15.1. The van der Waals surface area contributed by atoms with Gasteiger partial charge >= 0.3 is 0 Å². The highest BCUT2D eigenvalue weighted by Crippen LogP contribution is 2.52. The first-order valence-corrected chi connectivity index (χ1v) is 9.35. The smallest absolute Gasteiger partial charge is 0.222 e. The standard InChI is InChI=1S/C19H32N2O2/c1-18(2)11-15-12-19(3,13-18)14-21(15)17(23)8-6-10-20-9-5-4-7-16(20)22/h15H,4-14H2,1-3H3/t15-,19-/m1/s1. The van der Waals surface area contributed by atoms with Crippen LogP contribution in [0.3, 0.4) is 0 Å². The van der Waals surface area contributed by atoms with Crippen LogP contribution in [0.15, 0.2) is 0 Å². The van der Waals surface area contributed by atoms with E-state index >= 15 is 0 Å². The fourth-order valence-corrected chi connectivity index (χ4v) is 5.41. The Morgan fingerprint density at radius 3 is 2.74 bits per heavy atom. The van der Waals surface area contributed by atoms with Crippen LogP contribution < -0.4 is 0 Å². The molecule has 2 atom stereocenters.